The van der Waals surface area contributed by atoms with Crippen molar-refractivity contribution in [3.63, 3.8) is 0 Å². The summed E-state index contributed by atoms with van der Waals surface area (Å²) < 4.78 is 0. The lowest BCUT2D eigenvalue weighted by Gasteiger charge is -2.32. The Morgan fingerprint density at radius 2 is 2.00 bits per heavy atom. The number of hydrogen-bond acceptors (Lipinski definition) is 2. The molecule has 2 nitrogen and oxygen atoms in total. The summed E-state index contributed by atoms with van der Waals surface area (Å²) in [5.74, 6) is 1.67. The van der Waals surface area contributed by atoms with Gasteiger partial charge in [-0.2, -0.15) is 0 Å². The molecule has 0 aliphatic carbocycles. The van der Waals surface area contributed by atoms with Crippen LogP contribution < -0.4 is 5.73 Å². The normalized spacial score (nSPS) is 25.9. The van der Waals surface area contributed by atoms with Crippen LogP contribution in [0, 0.1) is 11.8 Å². The van der Waals surface area contributed by atoms with Crippen LogP contribution in [0.25, 0.3) is 0 Å². The van der Waals surface area contributed by atoms with Gasteiger partial charge in [-0.25, -0.2) is 0 Å². The van der Waals surface area contributed by atoms with Gasteiger partial charge < -0.3 is 5.73 Å². The van der Waals surface area contributed by atoms with Crippen LogP contribution in [0.4, 0.5) is 0 Å². The van der Waals surface area contributed by atoms with Gasteiger partial charge in [0, 0.05) is 19.1 Å². The second-order valence-electron chi connectivity index (χ2n) is 4.77. The molecule has 1 heterocycles. The van der Waals surface area contributed by atoms with Gasteiger partial charge in [0.15, 0.2) is 0 Å². The third-order valence-corrected chi connectivity index (χ3v) is 3.76. The minimum atomic E-state index is 0.634. The predicted molar refractivity (Wildman–Crippen MR) is 62.3 cm³/mol. The van der Waals surface area contributed by atoms with Crippen molar-refractivity contribution in [3.05, 3.63) is 0 Å². The Hall–Kier alpha value is -0.0800. The highest BCUT2D eigenvalue weighted by Crippen LogP contribution is 2.24. The molecule has 1 saturated heterocycles. The van der Waals surface area contributed by atoms with Crippen molar-refractivity contribution in [2.75, 3.05) is 19.6 Å². The second-order valence-corrected chi connectivity index (χ2v) is 4.77. The van der Waals surface area contributed by atoms with Gasteiger partial charge >= 0.3 is 0 Å². The van der Waals surface area contributed by atoms with Crippen molar-refractivity contribution in [3.8, 4) is 0 Å². The van der Waals surface area contributed by atoms with Crippen LogP contribution in [0.2, 0.25) is 0 Å². The molecule has 84 valence electrons. The fourth-order valence-electron chi connectivity index (χ4n) is 2.74. The van der Waals surface area contributed by atoms with E-state index in [2.05, 4.69) is 25.7 Å². The monoisotopic (exact) mass is 198 g/mol. The summed E-state index contributed by atoms with van der Waals surface area (Å²) in [4.78, 5) is 2.61. The number of nitrogens with zero attached hydrogens (tertiary/aromatic N) is 1. The Labute approximate surface area is 88.8 Å². The molecule has 0 bridgehead atoms. The zero-order chi connectivity index (χ0) is 10.6. The number of nitrogens with two attached hydrogens (primary N) is 1. The minimum Gasteiger partial charge on any atom is -0.329 e. The zero-order valence-electron chi connectivity index (χ0n) is 10.00. The molecule has 0 saturated carbocycles. The van der Waals surface area contributed by atoms with Crippen LogP contribution in [0.15, 0.2) is 0 Å². The van der Waals surface area contributed by atoms with Gasteiger partial charge in [0.05, 0.1) is 0 Å². The van der Waals surface area contributed by atoms with Crippen LogP contribution in [-0.2, 0) is 0 Å². The Kier molecular flexibility index (Phi) is 4.90. The zero-order valence-corrected chi connectivity index (χ0v) is 10.00. The quantitative estimate of drug-likeness (QED) is 0.733. The first-order chi connectivity index (χ1) is 6.72. The van der Waals surface area contributed by atoms with Crippen molar-refractivity contribution in [2.45, 2.75) is 46.1 Å². The first kappa shape index (κ1) is 12.0. The lowest BCUT2D eigenvalue weighted by Crippen LogP contribution is -2.44. The summed E-state index contributed by atoms with van der Waals surface area (Å²) in [5, 5.41) is 0. The van der Waals surface area contributed by atoms with Crippen molar-refractivity contribution < 1.29 is 0 Å². The van der Waals surface area contributed by atoms with E-state index in [1.807, 2.05) is 0 Å². The van der Waals surface area contributed by atoms with Crippen LogP contribution in [0.5, 0.6) is 0 Å². The molecular formula is C12H26N2. The molecule has 0 amide bonds. The van der Waals surface area contributed by atoms with Gasteiger partial charge in [0.1, 0.15) is 0 Å². The largest absolute Gasteiger partial charge is 0.329 e. The van der Waals surface area contributed by atoms with Gasteiger partial charge in [-0.3, -0.25) is 4.90 Å². The molecule has 1 aliphatic rings. The van der Waals surface area contributed by atoms with Crippen LogP contribution in [0.1, 0.15) is 40.0 Å². The molecule has 2 unspecified atom stereocenters. The Morgan fingerprint density at radius 3 is 2.36 bits per heavy atom. The number of rotatable bonds is 5. The lowest BCUT2D eigenvalue weighted by atomic mass is 9.93. The summed E-state index contributed by atoms with van der Waals surface area (Å²) in [6, 6.07) is 0.634. The SMILES string of the molecule is CCC(CC)C(CN)N1CCC(C)C1. The second kappa shape index (κ2) is 5.72. The van der Waals surface area contributed by atoms with Gasteiger partial charge in [-0.1, -0.05) is 33.6 Å². The molecule has 2 atom stereocenters. The summed E-state index contributed by atoms with van der Waals surface area (Å²) in [5.41, 5.74) is 5.91. The van der Waals surface area contributed by atoms with E-state index < -0.39 is 0 Å². The predicted octanol–water partition coefficient (Wildman–Crippen LogP) is 2.09. The van der Waals surface area contributed by atoms with Crippen molar-refractivity contribution in [1.82, 2.24) is 4.90 Å². The first-order valence-corrected chi connectivity index (χ1v) is 6.17. The van der Waals surface area contributed by atoms with Crippen LogP contribution in [-0.4, -0.2) is 30.6 Å². The Morgan fingerprint density at radius 1 is 1.36 bits per heavy atom. The Bertz CT molecular complexity index is 154. The van der Waals surface area contributed by atoms with E-state index >= 15 is 0 Å². The highest BCUT2D eigenvalue weighted by atomic mass is 15.2. The lowest BCUT2D eigenvalue weighted by molar-refractivity contribution is 0.167. The maximum absolute atomic E-state index is 5.91. The van der Waals surface area contributed by atoms with E-state index in [1.165, 1.54) is 32.4 Å². The maximum atomic E-state index is 5.91. The first-order valence-electron chi connectivity index (χ1n) is 6.17. The standard InChI is InChI=1S/C12H26N2/c1-4-11(5-2)12(8-13)14-7-6-10(3)9-14/h10-12H,4-9,13H2,1-3H3. The molecule has 2 N–H and O–H groups in total. The smallest absolute Gasteiger partial charge is 0.0246 e. The molecule has 0 aromatic carbocycles. The van der Waals surface area contributed by atoms with Gasteiger partial charge in [0.2, 0.25) is 0 Å². The van der Waals surface area contributed by atoms with Gasteiger partial charge in [-0.15, -0.1) is 0 Å². The summed E-state index contributed by atoms with van der Waals surface area (Å²) in [6.07, 6.45) is 3.89. The molecule has 1 aliphatic heterocycles. The Balaban J connectivity index is 2.52. The van der Waals surface area contributed by atoms with E-state index in [-0.39, 0.29) is 0 Å². The highest BCUT2D eigenvalue weighted by molar-refractivity contribution is 4.84. The average Bonchev–Trinajstić information content (AvgIpc) is 2.60. The number of likely N-dealkylation sites (tertiary alicyclic amines) is 1. The topological polar surface area (TPSA) is 29.3 Å². The average molecular weight is 198 g/mol. The number of hydrogen-bond donors (Lipinski definition) is 1. The van der Waals surface area contributed by atoms with Crippen molar-refractivity contribution >= 4 is 0 Å². The summed E-state index contributed by atoms with van der Waals surface area (Å²) in [6.45, 7) is 10.3. The van der Waals surface area contributed by atoms with E-state index in [0.717, 1.165) is 18.4 Å². The molecule has 0 aromatic heterocycles. The summed E-state index contributed by atoms with van der Waals surface area (Å²) >= 11 is 0. The van der Waals surface area contributed by atoms with Crippen molar-refractivity contribution in [1.29, 1.82) is 0 Å². The third-order valence-electron chi connectivity index (χ3n) is 3.76. The van der Waals surface area contributed by atoms with E-state index in [9.17, 15) is 0 Å². The van der Waals surface area contributed by atoms with Gasteiger partial charge in [-0.05, 0) is 24.8 Å². The third kappa shape index (κ3) is 2.71. The molecule has 0 spiro atoms. The van der Waals surface area contributed by atoms with Crippen molar-refractivity contribution in [2.24, 2.45) is 17.6 Å². The molecule has 2 heteroatoms. The summed E-state index contributed by atoms with van der Waals surface area (Å²) in [7, 11) is 0. The van der Waals surface area contributed by atoms with E-state index in [4.69, 9.17) is 5.73 Å². The molecule has 14 heavy (non-hydrogen) atoms. The van der Waals surface area contributed by atoms with E-state index in [1.54, 1.807) is 0 Å². The molecular weight excluding hydrogens is 172 g/mol. The van der Waals surface area contributed by atoms with E-state index in [0.29, 0.717) is 6.04 Å². The molecule has 0 aromatic rings. The molecule has 1 rings (SSSR count). The highest BCUT2D eigenvalue weighted by Gasteiger charge is 2.28. The fraction of sp³-hybridized carbons (Fsp3) is 1.00. The maximum Gasteiger partial charge on any atom is 0.0246 e. The molecule has 0 radical (unpaired) electrons. The minimum absolute atomic E-state index is 0.634. The molecule has 1 fully saturated rings. The van der Waals surface area contributed by atoms with Gasteiger partial charge in [0.25, 0.3) is 0 Å². The van der Waals surface area contributed by atoms with Crippen LogP contribution >= 0.6 is 0 Å². The fourth-order valence-corrected chi connectivity index (χ4v) is 2.74. The van der Waals surface area contributed by atoms with Crippen LogP contribution in [0.3, 0.4) is 0 Å².